The number of hydrogen-bond acceptors (Lipinski definition) is 4. The first kappa shape index (κ1) is 17.1. The number of carbonyl (C=O) groups is 1. The summed E-state index contributed by atoms with van der Waals surface area (Å²) in [5, 5.41) is 3.93. The molecule has 0 aromatic carbocycles. The van der Waals surface area contributed by atoms with E-state index >= 15 is 0 Å². The van der Waals surface area contributed by atoms with Crippen LogP contribution in [-0.2, 0) is 4.74 Å². The van der Waals surface area contributed by atoms with E-state index in [-0.39, 0.29) is 5.91 Å². The Hall–Kier alpha value is -1.33. The van der Waals surface area contributed by atoms with Crippen molar-refractivity contribution in [1.29, 1.82) is 0 Å². The number of rotatable bonds is 5. The Morgan fingerprint density at radius 2 is 2.12 bits per heavy atom. The van der Waals surface area contributed by atoms with E-state index in [0.717, 1.165) is 39.0 Å². The second-order valence-corrected chi connectivity index (χ2v) is 7.92. The van der Waals surface area contributed by atoms with Gasteiger partial charge in [0.05, 0.1) is 17.9 Å². The van der Waals surface area contributed by atoms with E-state index in [0.29, 0.717) is 29.2 Å². The summed E-state index contributed by atoms with van der Waals surface area (Å²) in [6.45, 7) is 4.59. The molecule has 1 aromatic heterocycles. The van der Waals surface area contributed by atoms with Crippen molar-refractivity contribution in [3.8, 4) is 0 Å². The molecule has 3 aliphatic rings. The van der Waals surface area contributed by atoms with Gasteiger partial charge in [-0.2, -0.15) is 0 Å². The van der Waals surface area contributed by atoms with Crippen molar-refractivity contribution in [3.05, 3.63) is 24.2 Å². The zero-order valence-electron chi connectivity index (χ0n) is 15.2. The number of nitrogens with one attached hydrogen (secondary N) is 1. The lowest BCUT2D eigenvalue weighted by atomic mass is 9.60. The van der Waals surface area contributed by atoms with Crippen LogP contribution in [0.2, 0.25) is 0 Å². The maximum absolute atomic E-state index is 12.4. The molecular formula is C20H30N2O3. The van der Waals surface area contributed by atoms with E-state index in [1.165, 1.54) is 25.7 Å². The Labute approximate surface area is 150 Å². The van der Waals surface area contributed by atoms with Gasteiger partial charge in [0.1, 0.15) is 6.26 Å². The molecule has 1 N–H and O–H groups in total. The predicted molar refractivity (Wildman–Crippen MR) is 95.5 cm³/mol. The van der Waals surface area contributed by atoms with Crippen LogP contribution >= 0.6 is 0 Å². The molecule has 5 nitrogen and oxygen atoms in total. The van der Waals surface area contributed by atoms with E-state index in [4.69, 9.17) is 9.15 Å². The van der Waals surface area contributed by atoms with Gasteiger partial charge < -0.3 is 19.4 Å². The number of piperidine rings is 1. The Bertz CT molecular complexity index is 572. The van der Waals surface area contributed by atoms with Crippen molar-refractivity contribution in [2.75, 3.05) is 19.7 Å². The molecule has 2 aliphatic carbocycles. The van der Waals surface area contributed by atoms with Gasteiger partial charge in [-0.05, 0) is 45.1 Å². The van der Waals surface area contributed by atoms with Gasteiger partial charge in [0.25, 0.3) is 5.91 Å². The number of furan rings is 1. The normalized spacial score (nSPS) is 29.1. The quantitative estimate of drug-likeness (QED) is 0.889. The average Bonchev–Trinajstić information content (AvgIpc) is 3.33. The molecule has 3 fully saturated rings. The summed E-state index contributed by atoms with van der Waals surface area (Å²) in [4.78, 5) is 14.4. The minimum absolute atomic E-state index is 0.0968. The molecule has 2 heterocycles. The second kappa shape index (κ2) is 7.12. The Balaban J connectivity index is 1.30. The van der Waals surface area contributed by atoms with Crippen LogP contribution in [0.1, 0.15) is 62.2 Å². The van der Waals surface area contributed by atoms with Crippen LogP contribution < -0.4 is 5.32 Å². The summed E-state index contributed by atoms with van der Waals surface area (Å²) in [7, 11) is 0. The van der Waals surface area contributed by atoms with Gasteiger partial charge in [-0.15, -0.1) is 0 Å². The molecule has 0 bridgehead atoms. The van der Waals surface area contributed by atoms with Crippen LogP contribution in [0, 0.1) is 5.41 Å². The average molecular weight is 346 g/mol. The highest BCUT2D eigenvalue weighted by Gasteiger charge is 2.56. The standard InChI is InChI=1S/C20H30N2O3/c1-2-25-18-13-17(20(18)8-3-4-9-20)21-16-5-10-22(11-6-16)19(23)15-7-12-24-14-15/h7,12,14,16-18,21H,2-6,8-11,13H2,1H3/t17-,18+/m1/s1. The lowest BCUT2D eigenvalue weighted by Crippen LogP contribution is -2.65. The fraction of sp³-hybridized carbons (Fsp3) is 0.750. The van der Waals surface area contributed by atoms with E-state index in [9.17, 15) is 4.79 Å². The fourth-order valence-corrected chi connectivity index (χ4v) is 5.22. The Morgan fingerprint density at radius 3 is 2.76 bits per heavy atom. The van der Waals surface area contributed by atoms with E-state index in [1.807, 2.05) is 4.90 Å². The fourth-order valence-electron chi connectivity index (χ4n) is 5.22. The minimum Gasteiger partial charge on any atom is -0.472 e. The Kier molecular flexibility index (Phi) is 4.87. The molecule has 2 saturated carbocycles. The largest absolute Gasteiger partial charge is 0.472 e. The molecule has 1 spiro atoms. The van der Waals surface area contributed by atoms with Crippen molar-refractivity contribution < 1.29 is 13.9 Å². The van der Waals surface area contributed by atoms with Gasteiger partial charge in [-0.25, -0.2) is 0 Å². The van der Waals surface area contributed by atoms with Crippen LogP contribution in [0.15, 0.2) is 23.0 Å². The first-order valence-electron chi connectivity index (χ1n) is 9.92. The topological polar surface area (TPSA) is 54.7 Å². The lowest BCUT2D eigenvalue weighted by Gasteiger charge is -2.55. The molecule has 5 heteroatoms. The second-order valence-electron chi connectivity index (χ2n) is 7.92. The Morgan fingerprint density at radius 1 is 1.36 bits per heavy atom. The van der Waals surface area contributed by atoms with Crippen LogP contribution in [0.5, 0.6) is 0 Å². The van der Waals surface area contributed by atoms with Crippen LogP contribution in [0.25, 0.3) is 0 Å². The van der Waals surface area contributed by atoms with Gasteiger partial charge in [-0.1, -0.05) is 12.8 Å². The molecular weight excluding hydrogens is 316 g/mol. The number of amides is 1. The number of nitrogens with zero attached hydrogens (tertiary/aromatic N) is 1. The molecule has 138 valence electrons. The van der Waals surface area contributed by atoms with Crippen LogP contribution in [-0.4, -0.2) is 48.7 Å². The number of ether oxygens (including phenoxy) is 1. The highest BCUT2D eigenvalue weighted by molar-refractivity contribution is 5.93. The summed E-state index contributed by atoms with van der Waals surface area (Å²) in [6, 6.07) is 2.88. The highest BCUT2D eigenvalue weighted by Crippen LogP contribution is 2.55. The first-order chi connectivity index (χ1) is 12.2. The maximum Gasteiger partial charge on any atom is 0.257 e. The minimum atomic E-state index is 0.0968. The third-order valence-electron chi connectivity index (χ3n) is 6.67. The molecule has 1 aliphatic heterocycles. The zero-order chi connectivity index (χ0) is 17.3. The van der Waals surface area contributed by atoms with E-state index in [2.05, 4.69) is 12.2 Å². The molecule has 25 heavy (non-hydrogen) atoms. The lowest BCUT2D eigenvalue weighted by molar-refractivity contribution is -0.133. The summed E-state index contributed by atoms with van der Waals surface area (Å²) in [5.41, 5.74) is 1.05. The molecule has 1 amide bonds. The van der Waals surface area contributed by atoms with Gasteiger partial charge in [0, 0.05) is 37.2 Å². The van der Waals surface area contributed by atoms with Crippen LogP contribution in [0.4, 0.5) is 0 Å². The van der Waals surface area contributed by atoms with Crippen molar-refractivity contribution in [1.82, 2.24) is 10.2 Å². The summed E-state index contributed by atoms with van der Waals surface area (Å²) >= 11 is 0. The molecule has 4 rings (SSSR count). The molecule has 2 atom stereocenters. The predicted octanol–water partition coefficient (Wildman–Crippen LogP) is 3.21. The number of hydrogen-bond donors (Lipinski definition) is 1. The monoisotopic (exact) mass is 346 g/mol. The third-order valence-corrected chi connectivity index (χ3v) is 6.67. The van der Waals surface area contributed by atoms with Crippen molar-refractivity contribution in [2.24, 2.45) is 5.41 Å². The van der Waals surface area contributed by atoms with Gasteiger partial charge >= 0.3 is 0 Å². The summed E-state index contributed by atoms with van der Waals surface area (Å²) < 4.78 is 11.1. The zero-order valence-corrected chi connectivity index (χ0v) is 15.2. The van der Waals surface area contributed by atoms with E-state index in [1.54, 1.807) is 18.6 Å². The summed E-state index contributed by atoms with van der Waals surface area (Å²) in [5.74, 6) is 0.0968. The van der Waals surface area contributed by atoms with Gasteiger partial charge in [-0.3, -0.25) is 4.79 Å². The van der Waals surface area contributed by atoms with Gasteiger partial charge in [0.15, 0.2) is 0 Å². The van der Waals surface area contributed by atoms with Crippen molar-refractivity contribution >= 4 is 5.91 Å². The third kappa shape index (κ3) is 3.13. The van der Waals surface area contributed by atoms with Crippen LogP contribution in [0.3, 0.4) is 0 Å². The van der Waals surface area contributed by atoms with Crippen molar-refractivity contribution in [2.45, 2.75) is 70.1 Å². The SMILES string of the molecule is CCO[C@H]1C[C@@H](NC2CCN(C(=O)c3ccoc3)CC2)C12CCCC2. The smallest absolute Gasteiger partial charge is 0.257 e. The number of likely N-dealkylation sites (tertiary alicyclic amines) is 1. The first-order valence-corrected chi connectivity index (χ1v) is 9.92. The summed E-state index contributed by atoms with van der Waals surface area (Å²) in [6.07, 6.45) is 12.1. The molecule has 1 saturated heterocycles. The molecule has 1 aromatic rings. The maximum atomic E-state index is 12.4. The number of carbonyl (C=O) groups excluding carboxylic acids is 1. The van der Waals surface area contributed by atoms with Gasteiger partial charge in [0.2, 0.25) is 0 Å². The molecule has 0 radical (unpaired) electrons. The van der Waals surface area contributed by atoms with Crippen molar-refractivity contribution in [3.63, 3.8) is 0 Å². The van der Waals surface area contributed by atoms with E-state index < -0.39 is 0 Å². The molecule has 0 unspecified atom stereocenters. The highest BCUT2D eigenvalue weighted by atomic mass is 16.5.